The lowest BCUT2D eigenvalue weighted by Gasteiger charge is -2.34. The number of thiocarbonyl (C=S) groups is 1. The van der Waals surface area contributed by atoms with Gasteiger partial charge in [0.1, 0.15) is 10.8 Å². The molecule has 1 saturated heterocycles. The Morgan fingerprint density at radius 2 is 2.53 bits per heavy atom. The predicted octanol–water partition coefficient (Wildman–Crippen LogP) is 1.33. The molecule has 2 heterocycles. The zero-order valence-corrected chi connectivity index (χ0v) is 10.7. The lowest BCUT2D eigenvalue weighted by Crippen LogP contribution is -2.43. The third-order valence-corrected chi connectivity index (χ3v) is 3.17. The zero-order valence-electron chi connectivity index (χ0n) is 9.93. The molecule has 1 atom stereocenters. The molecule has 0 aliphatic carbocycles. The number of pyridine rings is 1. The standard InChI is InChI=1S/C12H17N3OS/c1-2-9-8-15(6-7-16-9)12-10(11(13)17)4-3-5-14-12/h3-5,9H,2,6-8H2,1H3,(H2,13,17). The van der Waals surface area contributed by atoms with Crippen LogP contribution < -0.4 is 10.6 Å². The Labute approximate surface area is 107 Å². The van der Waals surface area contributed by atoms with Crippen molar-refractivity contribution in [1.29, 1.82) is 0 Å². The van der Waals surface area contributed by atoms with Crippen LogP contribution in [0.25, 0.3) is 0 Å². The van der Waals surface area contributed by atoms with Crippen molar-refractivity contribution in [2.75, 3.05) is 24.6 Å². The molecule has 0 radical (unpaired) electrons. The molecule has 4 nitrogen and oxygen atoms in total. The van der Waals surface area contributed by atoms with Crippen LogP contribution in [0.1, 0.15) is 18.9 Å². The summed E-state index contributed by atoms with van der Waals surface area (Å²) in [6, 6.07) is 3.77. The number of hydrogen-bond acceptors (Lipinski definition) is 4. The molecule has 1 aromatic heterocycles. The first-order chi connectivity index (χ1) is 8.22. The number of nitrogens with zero attached hydrogens (tertiary/aromatic N) is 2. The minimum absolute atomic E-state index is 0.268. The predicted molar refractivity (Wildman–Crippen MR) is 72.4 cm³/mol. The van der Waals surface area contributed by atoms with Gasteiger partial charge in [0.05, 0.1) is 18.3 Å². The van der Waals surface area contributed by atoms with Gasteiger partial charge >= 0.3 is 0 Å². The number of ether oxygens (including phenoxy) is 1. The topological polar surface area (TPSA) is 51.4 Å². The average Bonchev–Trinajstić information content (AvgIpc) is 2.39. The van der Waals surface area contributed by atoms with Crippen LogP contribution in [0.4, 0.5) is 5.82 Å². The summed E-state index contributed by atoms with van der Waals surface area (Å²) in [6.07, 6.45) is 3.05. The van der Waals surface area contributed by atoms with Crippen molar-refractivity contribution in [3.8, 4) is 0 Å². The van der Waals surface area contributed by atoms with E-state index in [0.29, 0.717) is 4.99 Å². The Hall–Kier alpha value is -1.20. The number of rotatable bonds is 3. The molecule has 0 spiro atoms. The second-order valence-corrected chi connectivity index (χ2v) is 4.53. The first-order valence-corrected chi connectivity index (χ1v) is 6.24. The molecule has 5 heteroatoms. The van der Waals surface area contributed by atoms with Crippen molar-refractivity contribution in [1.82, 2.24) is 4.98 Å². The van der Waals surface area contributed by atoms with Crippen LogP contribution in [-0.4, -0.2) is 35.8 Å². The van der Waals surface area contributed by atoms with Crippen molar-refractivity contribution in [2.45, 2.75) is 19.4 Å². The molecule has 0 saturated carbocycles. The number of hydrogen-bond donors (Lipinski definition) is 1. The Bertz CT molecular complexity index is 410. The molecule has 17 heavy (non-hydrogen) atoms. The number of nitrogens with two attached hydrogens (primary N) is 1. The van der Waals surface area contributed by atoms with Crippen LogP contribution in [0.15, 0.2) is 18.3 Å². The first-order valence-electron chi connectivity index (χ1n) is 5.83. The zero-order chi connectivity index (χ0) is 12.3. The second-order valence-electron chi connectivity index (χ2n) is 4.09. The molecule has 0 bridgehead atoms. The van der Waals surface area contributed by atoms with Gasteiger partial charge in [-0.05, 0) is 18.6 Å². The Morgan fingerprint density at radius 1 is 1.71 bits per heavy atom. The van der Waals surface area contributed by atoms with Crippen LogP contribution in [0, 0.1) is 0 Å². The molecule has 0 aromatic carbocycles. The van der Waals surface area contributed by atoms with Crippen LogP contribution in [-0.2, 0) is 4.74 Å². The van der Waals surface area contributed by atoms with Crippen molar-refractivity contribution in [3.05, 3.63) is 23.9 Å². The van der Waals surface area contributed by atoms with E-state index in [1.807, 2.05) is 12.1 Å². The molecule has 1 aliphatic heterocycles. The maximum absolute atomic E-state index is 5.72. The Kier molecular flexibility index (Phi) is 3.91. The smallest absolute Gasteiger partial charge is 0.138 e. The highest BCUT2D eigenvalue weighted by atomic mass is 32.1. The summed E-state index contributed by atoms with van der Waals surface area (Å²) in [4.78, 5) is 6.99. The van der Waals surface area contributed by atoms with E-state index in [4.69, 9.17) is 22.7 Å². The van der Waals surface area contributed by atoms with E-state index >= 15 is 0 Å². The highest BCUT2D eigenvalue weighted by molar-refractivity contribution is 7.80. The summed E-state index contributed by atoms with van der Waals surface area (Å²) in [5.74, 6) is 0.877. The van der Waals surface area contributed by atoms with Crippen molar-refractivity contribution in [3.63, 3.8) is 0 Å². The Balaban J connectivity index is 2.24. The molecule has 92 valence electrons. The molecule has 1 unspecified atom stereocenters. The summed E-state index contributed by atoms with van der Waals surface area (Å²) < 4.78 is 5.65. The van der Waals surface area contributed by atoms with Crippen LogP contribution in [0.5, 0.6) is 0 Å². The van der Waals surface area contributed by atoms with Gasteiger partial charge in [-0.15, -0.1) is 0 Å². The monoisotopic (exact) mass is 251 g/mol. The molecule has 2 N–H and O–H groups in total. The van der Waals surface area contributed by atoms with E-state index in [1.54, 1.807) is 6.20 Å². The van der Waals surface area contributed by atoms with E-state index in [0.717, 1.165) is 37.5 Å². The fourth-order valence-corrected chi connectivity index (χ4v) is 2.16. The van der Waals surface area contributed by atoms with Crippen molar-refractivity contribution >= 4 is 23.0 Å². The molecule has 0 amide bonds. The van der Waals surface area contributed by atoms with Crippen molar-refractivity contribution < 1.29 is 4.74 Å². The van der Waals surface area contributed by atoms with E-state index in [-0.39, 0.29) is 6.10 Å². The summed E-state index contributed by atoms with van der Waals surface area (Å²) >= 11 is 5.06. The Morgan fingerprint density at radius 3 is 3.24 bits per heavy atom. The van der Waals surface area contributed by atoms with Crippen molar-refractivity contribution in [2.24, 2.45) is 5.73 Å². The fraction of sp³-hybridized carbons (Fsp3) is 0.500. The first kappa shape index (κ1) is 12.3. The maximum Gasteiger partial charge on any atom is 0.138 e. The molecule has 1 fully saturated rings. The maximum atomic E-state index is 5.72. The summed E-state index contributed by atoms with van der Waals surface area (Å²) in [5.41, 5.74) is 6.57. The molecular formula is C12H17N3OS. The average molecular weight is 251 g/mol. The van der Waals surface area contributed by atoms with E-state index < -0.39 is 0 Å². The van der Waals surface area contributed by atoms with Gasteiger partial charge in [-0.25, -0.2) is 4.98 Å². The highest BCUT2D eigenvalue weighted by Crippen LogP contribution is 2.20. The third-order valence-electron chi connectivity index (χ3n) is 2.95. The van der Waals surface area contributed by atoms with E-state index in [2.05, 4.69) is 16.8 Å². The quantitative estimate of drug-likeness (QED) is 0.821. The number of morpholine rings is 1. The third kappa shape index (κ3) is 2.73. The number of aromatic nitrogens is 1. The SMILES string of the molecule is CCC1CN(c2ncccc2C(N)=S)CCO1. The van der Waals surface area contributed by atoms with E-state index in [1.165, 1.54) is 0 Å². The molecule has 2 rings (SSSR count). The van der Waals surface area contributed by atoms with Gasteiger partial charge in [0, 0.05) is 19.3 Å². The molecule has 1 aromatic rings. The van der Waals surface area contributed by atoms with Gasteiger partial charge in [-0.1, -0.05) is 19.1 Å². The summed E-state index contributed by atoms with van der Waals surface area (Å²) in [5, 5.41) is 0. The molecular weight excluding hydrogens is 234 g/mol. The van der Waals surface area contributed by atoms with Gasteiger partial charge in [-0.3, -0.25) is 0 Å². The minimum atomic E-state index is 0.268. The summed E-state index contributed by atoms with van der Waals surface area (Å²) in [6.45, 7) is 4.54. The fourth-order valence-electron chi connectivity index (χ4n) is 2.00. The second kappa shape index (κ2) is 5.42. The van der Waals surface area contributed by atoms with Gasteiger partial charge in [0.25, 0.3) is 0 Å². The van der Waals surface area contributed by atoms with Gasteiger partial charge in [0.15, 0.2) is 0 Å². The minimum Gasteiger partial charge on any atom is -0.389 e. The van der Waals surface area contributed by atoms with Crippen LogP contribution in [0.2, 0.25) is 0 Å². The number of anilines is 1. The largest absolute Gasteiger partial charge is 0.389 e. The molecule has 1 aliphatic rings. The van der Waals surface area contributed by atoms with E-state index in [9.17, 15) is 0 Å². The summed E-state index contributed by atoms with van der Waals surface area (Å²) in [7, 11) is 0. The lowest BCUT2D eigenvalue weighted by atomic mass is 10.2. The normalized spacial score (nSPS) is 20.3. The van der Waals surface area contributed by atoms with Crippen LogP contribution in [0.3, 0.4) is 0 Å². The van der Waals surface area contributed by atoms with Gasteiger partial charge < -0.3 is 15.4 Å². The van der Waals surface area contributed by atoms with Gasteiger partial charge in [0.2, 0.25) is 0 Å². The van der Waals surface area contributed by atoms with Crippen LogP contribution >= 0.6 is 12.2 Å². The lowest BCUT2D eigenvalue weighted by molar-refractivity contribution is 0.0381. The highest BCUT2D eigenvalue weighted by Gasteiger charge is 2.22. The van der Waals surface area contributed by atoms with Gasteiger partial charge in [-0.2, -0.15) is 0 Å².